The molecule has 0 atom stereocenters. The molecule has 98 valence electrons. The number of carbonyl (C=O) groups is 1. The van der Waals surface area contributed by atoms with Crippen molar-refractivity contribution in [3.05, 3.63) is 33.6 Å². The Labute approximate surface area is 100 Å². The zero-order chi connectivity index (χ0) is 13.7. The number of halogens is 2. The molecule has 8 heteroatoms. The Morgan fingerprint density at radius 3 is 2.67 bits per heavy atom. The highest BCUT2D eigenvalue weighted by Gasteiger charge is 2.25. The Morgan fingerprint density at radius 2 is 2.17 bits per heavy atom. The molecule has 0 spiro atoms. The van der Waals surface area contributed by atoms with Crippen molar-refractivity contribution in [1.29, 1.82) is 0 Å². The largest absolute Gasteiger partial charge is 0.484 e. The van der Waals surface area contributed by atoms with Gasteiger partial charge in [0.2, 0.25) is 11.6 Å². The summed E-state index contributed by atoms with van der Waals surface area (Å²) >= 11 is 0. The number of nitrogens with zero attached hydrogens (tertiary/aromatic N) is 1. The Hall–Kier alpha value is -2.25. The highest BCUT2D eigenvalue weighted by molar-refractivity contribution is 5.90. The Morgan fingerprint density at radius 1 is 1.50 bits per heavy atom. The molecule has 0 saturated heterocycles. The molecule has 0 heterocycles. The van der Waals surface area contributed by atoms with Crippen LogP contribution in [0.4, 0.5) is 14.5 Å². The molecule has 6 nitrogen and oxygen atoms in total. The minimum absolute atomic E-state index is 0.255. The SMILES string of the molecule is COC(=O)c1cc(F)c([N+](=O)[O-])c(OCCF)c1. The van der Waals surface area contributed by atoms with Crippen molar-refractivity contribution < 1.29 is 28.0 Å². The lowest BCUT2D eigenvalue weighted by atomic mass is 10.2. The van der Waals surface area contributed by atoms with E-state index < -0.39 is 41.4 Å². The molecule has 0 aliphatic rings. The van der Waals surface area contributed by atoms with Crippen molar-refractivity contribution in [2.24, 2.45) is 0 Å². The maximum absolute atomic E-state index is 13.5. The van der Waals surface area contributed by atoms with Crippen LogP contribution in [0.3, 0.4) is 0 Å². The van der Waals surface area contributed by atoms with Crippen LogP contribution in [0.15, 0.2) is 12.1 Å². The second-order valence-electron chi connectivity index (χ2n) is 3.09. The van der Waals surface area contributed by atoms with E-state index >= 15 is 0 Å². The van der Waals surface area contributed by atoms with Gasteiger partial charge in [-0.25, -0.2) is 9.18 Å². The number of benzene rings is 1. The van der Waals surface area contributed by atoms with Crippen LogP contribution < -0.4 is 4.74 Å². The van der Waals surface area contributed by atoms with Gasteiger partial charge in [-0.3, -0.25) is 10.1 Å². The van der Waals surface area contributed by atoms with Gasteiger partial charge in [0.05, 0.1) is 17.6 Å². The molecular formula is C10H9F2NO5. The first kappa shape index (κ1) is 13.8. The van der Waals surface area contributed by atoms with Crippen LogP contribution in [0.5, 0.6) is 5.75 Å². The predicted octanol–water partition coefficient (Wildman–Crippen LogP) is 1.87. The van der Waals surface area contributed by atoms with Crippen molar-refractivity contribution in [1.82, 2.24) is 0 Å². The second-order valence-corrected chi connectivity index (χ2v) is 3.09. The smallest absolute Gasteiger partial charge is 0.346 e. The number of nitro groups is 1. The molecule has 0 radical (unpaired) electrons. The molecule has 0 amide bonds. The van der Waals surface area contributed by atoms with Gasteiger partial charge in [0.1, 0.15) is 13.3 Å². The molecule has 0 bridgehead atoms. The van der Waals surface area contributed by atoms with E-state index in [0.29, 0.717) is 6.07 Å². The fourth-order valence-electron chi connectivity index (χ4n) is 1.25. The van der Waals surface area contributed by atoms with Crippen LogP contribution in [-0.4, -0.2) is 31.3 Å². The number of hydrogen-bond acceptors (Lipinski definition) is 5. The monoisotopic (exact) mass is 261 g/mol. The molecule has 0 saturated carbocycles. The summed E-state index contributed by atoms with van der Waals surface area (Å²) in [5.41, 5.74) is -1.20. The summed E-state index contributed by atoms with van der Waals surface area (Å²) in [4.78, 5) is 20.8. The van der Waals surface area contributed by atoms with Gasteiger partial charge in [-0.05, 0) is 6.07 Å². The number of methoxy groups -OCH3 is 1. The first-order valence-corrected chi connectivity index (χ1v) is 4.76. The molecule has 0 aromatic heterocycles. The molecule has 0 unspecified atom stereocenters. The van der Waals surface area contributed by atoms with Crippen molar-refractivity contribution in [2.75, 3.05) is 20.4 Å². The van der Waals surface area contributed by atoms with Crippen LogP contribution >= 0.6 is 0 Å². The summed E-state index contributed by atoms with van der Waals surface area (Å²) in [7, 11) is 1.07. The highest BCUT2D eigenvalue weighted by atomic mass is 19.1. The van der Waals surface area contributed by atoms with E-state index in [1.54, 1.807) is 0 Å². The van der Waals surface area contributed by atoms with Crippen LogP contribution in [0, 0.1) is 15.9 Å². The van der Waals surface area contributed by atoms with Gasteiger partial charge in [0.15, 0.2) is 0 Å². The summed E-state index contributed by atoms with van der Waals surface area (Å²) in [6, 6.07) is 1.59. The molecule has 0 N–H and O–H groups in total. The number of ether oxygens (including phenoxy) is 2. The Balaban J connectivity index is 3.27. The third kappa shape index (κ3) is 2.90. The minimum Gasteiger partial charge on any atom is -0.484 e. The second kappa shape index (κ2) is 5.89. The number of nitro benzene ring substituents is 1. The van der Waals surface area contributed by atoms with E-state index in [2.05, 4.69) is 4.74 Å². The molecule has 1 aromatic rings. The number of alkyl halides is 1. The van der Waals surface area contributed by atoms with Gasteiger partial charge in [-0.15, -0.1) is 0 Å². The van der Waals surface area contributed by atoms with E-state index in [0.717, 1.165) is 13.2 Å². The standard InChI is InChI=1S/C10H9F2NO5/c1-17-10(14)6-4-7(12)9(13(15)16)8(5-6)18-3-2-11/h4-5H,2-3H2,1H3. The minimum atomic E-state index is -1.25. The zero-order valence-corrected chi connectivity index (χ0v) is 9.31. The zero-order valence-electron chi connectivity index (χ0n) is 9.31. The number of hydrogen-bond donors (Lipinski definition) is 0. The Kier molecular flexibility index (Phi) is 4.52. The van der Waals surface area contributed by atoms with Crippen LogP contribution in [0.2, 0.25) is 0 Å². The first-order valence-electron chi connectivity index (χ1n) is 4.76. The van der Waals surface area contributed by atoms with E-state index in [1.165, 1.54) is 0 Å². The molecular weight excluding hydrogens is 252 g/mol. The van der Waals surface area contributed by atoms with Gasteiger partial charge in [0.25, 0.3) is 0 Å². The molecule has 0 aliphatic heterocycles. The van der Waals surface area contributed by atoms with Crippen molar-refractivity contribution >= 4 is 11.7 Å². The van der Waals surface area contributed by atoms with Crippen molar-refractivity contribution in [3.63, 3.8) is 0 Å². The van der Waals surface area contributed by atoms with E-state index in [4.69, 9.17) is 4.74 Å². The maximum atomic E-state index is 13.5. The third-order valence-corrected chi connectivity index (χ3v) is 1.97. The first-order chi connectivity index (χ1) is 8.51. The van der Waals surface area contributed by atoms with Crippen LogP contribution in [0.25, 0.3) is 0 Å². The quantitative estimate of drug-likeness (QED) is 0.459. The summed E-state index contributed by atoms with van der Waals surface area (Å²) in [5.74, 6) is -2.65. The van der Waals surface area contributed by atoms with Gasteiger partial charge in [0, 0.05) is 6.07 Å². The number of carbonyl (C=O) groups excluding carboxylic acids is 1. The molecule has 18 heavy (non-hydrogen) atoms. The fourth-order valence-corrected chi connectivity index (χ4v) is 1.25. The highest BCUT2D eigenvalue weighted by Crippen LogP contribution is 2.31. The van der Waals surface area contributed by atoms with Gasteiger partial charge < -0.3 is 9.47 Å². The maximum Gasteiger partial charge on any atom is 0.346 e. The lowest BCUT2D eigenvalue weighted by Crippen LogP contribution is -2.07. The van der Waals surface area contributed by atoms with Crippen LogP contribution in [0.1, 0.15) is 10.4 Å². The fraction of sp³-hybridized carbons (Fsp3) is 0.300. The normalized spacial score (nSPS) is 9.94. The van der Waals surface area contributed by atoms with E-state index in [9.17, 15) is 23.7 Å². The molecule has 1 rings (SSSR count). The molecule has 0 aliphatic carbocycles. The number of esters is 1. The van der Waals surface area contributed by atoms with Gasteiger partial charge in [-0.1, -0.05) is 0 Å². The average Bonchev–Trinajstić information content (AvgIpc) is 2.33. The summed E-state index contributed by atoms with van der Waals surface area (Å²) < 4.78 is 34.5. The van der Waals surface area contributed by atoms with Crippen molar-refractivity contribution in [2.45, 2.75) is 0 Å². The topological polar surface area (TPSA) is 78.7 Å². The molecule has 1 aromatic carbocycles. The van der Waals surface area contributed by atoms with Crippen LogP contribution in [-0.2, 0) is 4.74 Å². The summed E-state index contributed by atoms with van der Waals surface area (Å²) in [5, 5.41) is 10.6. The van der Waals surface area contributed by atoms with Gasteiger partial charge in [-0.2, -0.15) is 4.39 Å². The lowest BCUT2D eigenvalue weighted by Gasteiger charge is -2.07. The predicted molar refractivity (Wildman–Crippen MR) is 55.9 cm³/mol. The van der Waals surface area contributed by atoms with Gasteiger partial charge >= 0.3 is 11.7 Å². The third-order valence-electron chi connectivity index (χ3n) is 1.97. The van der Waals surface area contributed by atoms with Crippen molar-refractivity contribution in [3.8, 4) is 5.75 Å². The summed E-state index contributed by atoms with van der Waals surface area (Å²) in [6.45, 7) is -1.38. The number of rotatable bonds is 5. The molecule has 0 fully saturated rings. The van der Waals surface area contributed by atoms with E-state index in [1.807, 2.05) is 0 Å². The summed E-state index contributed by atoms with van der Waals surface area (Å²) in [6.07, 6.45) is 0. The van der Waals surface area contributed by atoms with E-state index in [-0.39, 0.29) is 5.56 Å². The Bertz CT molecular complexity index is 478. The average molecular weight is 261 g/mol. The lowest BCUT2D eigenvalue weighted by molar-refractivity contribution is -0.388.